The van der Waals surface area contributed by atoms with E-state index in [0.717, 1.165) is 43.6 Å². The highest BCUT2D eigenvalue weighted by atomic mass is 35.5. The Morgan fingerprint density at radius 1 is 1.29 bits per heavy atom. The van der Waals surface area contributed by atoms with Crippen molar-refractivity contribution in [3.8, 4) is 5.75 Å². The smallest absolute Gasteiger partial charge is 0.255 e. The number of rotatable bonds is 4. The predicted molar refractivity (Wildman–Crippen MR) is 107 cm³/mol. The Morgan fingerprint density at radius 3 is 2.71 bits per heavy atom. The van der Waals surface area contributed by atoms with Gasteiger partial charge in [0.25, 0.3) is 5.91 Å². The fourth-order valence-corrected chi connectivity index (χ4v) is 4.11. The van der Waals surface area contributed by atoms with E-state index in [1.54, 1.807) is 6.07 Å². The molecule has 2 aromatic carbocycles. The summed E-state index contributed by atoms with van der Waals surface area (Å²) in [5.74, 6) is 0.175. The SMILES string of the molecule is Nc1c(Cl)cc(C(=O)NC2CCN(Cc3ccc(F)cc3)CC2)c2c1CCO2. The first kappa shape index (κ1) is 19.0. The van der Waals surface area contributed by atoms with Gasteiger partial charge in [0.05, 0.1) is 22.9 Å². The van der Waals surface area contributed by atoms with Gasteiger partial charge in [0.1, 0.15) is 11.6 Å². The topological polar surface area (TPSA) is 67.6 Å². The summed E-state index contributed by atoms with van der Waals surface area (Å²) in [7, 11) is 0. The van der Waals surface area contributed by atoms with Crippen molar-refractivity contribution in [2.75, 3.05) is 25.4 Å². The number of carbonyl (C=O) groups excluding carboxylic acids is 1. The molecule has 4 rings (SSSR count). The largest absolute Gasteiger partial charge is 0.492 e. The van der Waals surface area contributed by atoms with E-state index in [1.807, 2.05) is 12.1 Å². The lowest BCUT2D eigenvalue weighted by Gasteiger charge is -2.32. The average Bonchev–Trinajstić information content (AvgIpc) is 3.18. The molecule has 1 saturated heterocycles. The van der Waals surface area contributed by atoms with Crippen LogP contribution in [0.1, 0.15) is 34.3 Å². The third-order valence-corrected chi connectivity index (χ3v) is 5.77. The molecule has 1 fully saturated rings. The van der Waals surface area contributed by atoms with Crippen LogP contribution in [-0.4, -0.2) is 36.5 Å². The number of nitrogen functional groups attached to an aromatic ring is 1. The van der Waals surface area contributed by atoms with Gasteiger partial charge in [0.2, 0.25) is 0 Å². The molecule has 0 saturated carbocycles. The van der Waals surface area contributed by atoms with E-state index in [2.05, 4.69) is 10.2 Å². The van der Waals surface area contributed by atoms with E-state index < -0.39 is 0 Å². The van der Waals surface area contributed by atoms with Crippen LogP contribution in [0.25, 0.3) is 0 Å². The van der Waals surface area contributed by atoms with Crippen LogP contribution in [-0.2, 0) is 13.0 Å². The lowest BCUT2D eigenvalue weighted by Crippen LogP contribution is -2.44. The number of anilines is 1. The maximum atomic E-state index is 13.0. The molecule has 0 unspecified atom stereocenters. The molecule has 0 spiro atoms. The minimum atomic E-state index is -0.219. The van der Waals surface area contributed by atoms with Gasteiger partial charge in [-0.15, -0.1) is 0 Å². The monoisotopic (exact) mass is 403 g/mol. The van der Waals surface area contributed by atoms with Crippen LogP contribution in [0.3, 0.4) is 0 Å². The molecule has 0 bridgehead atoms. The Balaban J connectivity index is 1.35. The number of hydrogen-bond donors (Lipinski definition) is 2. The Labute approximate surface area is 168 Å². The van der Waals surface area contributed by atoms with Crippen molar-refractivity contribution < 1.29 is 13.9 Å². The molecule has 5 nitrogen and oxygen atoms in total. The number of hydrogen-bond acceptors (Lipinski definition) is 4. The van der Waals surface area contributed by atoms with Gasteiger partial charge in [-0.25, -0.2) is 4.39 Å². The molecule has 148 valence electrons. The number of halogens is 2. The van der Waals surface area contributed by atoms with Crippen LogP contribution in [0.15, 0.2) is 30.3 Å². The number of ether oxygens (including phenoxy) is 1. The molecule has 1 amide bonds. The maximum absolute atomic E-state index is 13.0. The van der Waals surface area contributed by atoms with Gasteiger partial charge < -0.3 is 15.8 Å². The van der Waals surface area contributed by atoms with Gasteiger partial charge in [0.15, 0.2) is 0 Å². The quantitative estimate of drug-likeness (QED) is 0.768. The second-order valence-electron chi connectivity index (χ2n) is 7.38. The Hall–Kier alpha value is -2.31. The van der Waals surface area contributed by atoms with Gasteiger partial charge in [-0.05, 0) is 36.6 Å². The zero-order valence-electron chi connectivity index (χ0n) is 15.5. The summed E-state index contributed by atoms with van der Waals surface area (Å²) in [6, 6.07) is 8.30. The number of carbonyl (C=O) groups is 1. The molecule has 28 heavy (non-hydrogen) atoms. The van der Waals surface area contributed by atoms with Crippen LogP contribution in [0.2, 0.25) is 5.02 Å². The molecule has 0 aromatic heterocycles. The lowest BCUT2D eigenvalue weighted by atomic mass is 10.0. The zero-order chi connectivity index (χ0) is 19.7. The third-order valence-electron chi connectivity index (χ3n) is 5.46. The van der Waals surface area contributed by atoms with E-state index in [-0.39, 0.29) is 17.8 Å². The van der Waals surface area contributed by atoms with E-state index in [9.17, 15) is 9.18 Å². The third kappa shape index (κ3) is 3.93. The summed E-state index contributed by atoms with van der Waals surface area (Å²) in [6.07, 6.45) is 2.39. The highest BCUT2D eigenvalue weighted by Crippen LogP contribution is 2.38. The van der Waals surface area contributed by atoms with Gasteiger partial charge in [-0.3, -0.25) is 9.69 Å². The summed E-state index contributed by atoms with van der Waals surface area (Å²) in [6.45, 7) is 3.05. The normalized spacial score (nSPS) is 17.2. The minimum Gasteiger partial charge on any atom is -0.492 e. The van der Waals surface area contributed by atoms with Gasteiger partial charge in [-0.2, -0.15) is 0 Å². The van der Waals surface area contributed by atoms with Crippen molar-refractivity contribution in [2.45, 2.75) is 31.8 Å². The fourth-order valence-electron chi connectivity index (χ4n) is 3.88. The fraction of sp³-hybridized carbons (Fsp3) is 0.381. The van der Waals surface area contributed by atoms with E-state index in [4.69, 9.17) is 22.1 Å². The second kappa shape index (κ2) is 7.97. The van der Waals surface area contributed by atoms with Crippen LogP contribution in [0.4, 0.5) is 10.1 Å². The number of benzene rings is 2. The molecule has 0 radical (unpaired) electrons. The average molecular weight is 404 g/mol. The molecule has 2 heterocycles. The lowest BCUT2D eigenvalue weighted by molar-refractivity contribution is 0.0906. The molecule has 2 aromatic rings. The molecule has 2 aliphatic rings. The molecule has 3 N–H and O–H groups in total. The zero-order valence-corrected chi connectivity index (χ0v) is 16.3. The van der Waals surface area contributed by atoms with Crippen LogP contribution in [0, 0.1) is 5.82 Å². The Kier molecular flexibility index (Phi) is 5.42. The molecule has 0 atom stereocenters. The van der Waals surface area contributed by atoms with E-state index in [0.29, 0.717) is 35.1 Å². The second-order valence-corrected chi connectivity index (χ2v) is 7.78. The molecule has 7 heteroatoms. The van der Waals surface area contributed by atoms with Crippen molar-refractivity contribution >= 4 is 23.2 Å². The van der Waals surface area contributed by atoms with Gasteiger partial charge >= 0.3 is 0 Å². The van der Waals surface area contributed by atoms with Gasteiger partial charge in [-0.1, -0.05) is 23.7 Å². The number of nitrogens with one attached hydrogen (secondary N) is 1. The van der Waals surface area contributed by atoms with Crippen molar-refractivity contribution in [3.05, 3.63) is 57.9 Å². The van der Waals surface area contributed by atoms with E-state index in [1.165, 1.54) is 12.1 Å². The number of fused-ring (bicyclic) bond motifs is 1. The Bertz CT molecular complexity index is 880. The molecular weight excluding hydrogens is 381 g/mol. The van der Waals surface area contributed by atoms with Crippen LogP contribution in [0.5, 0.6) is 5.75 Å². The first-order valence-corrected chi connectivity index (χ1v) is 9.90. The van der Waals surface area contributed by atoms with Crippen molar-refractivity contribution in [1.82, 2.24) is 10.2 Å². The number of piperidine rings is 1. The number of amides is 1. The van der Waals surface area contributed by atoms with E-state index >= 15 is 0 Å². The molecule has 2 aliphatic heterocycles. The number of nitrogens with two attached hydrogens (primary N) is 1. The summed E-state index contributed by atoms with van der Waals surface area (Å²) in [5.41, 5.74) is 8.88. The summed E-state index contributed by atoms with van der Waals surface area (Å²) >= 11 is 6.20. The maximum Gasteiger partial charge on any atom is 0.255 e. The molecular formula is C21H23ClFN3O2. The highest BCUT2D eigenvalue weighted by Gasteiger charge is 2.27. The van der Waals surface area contributed by atoms with Crippen LogP contribution >= 0.6 is 11.6 Å². The summed E-state index contributed by atoms with van der Waals surface area (Å²) < 4.78 is 18.7. The minimum absolute atomic E-state index is 0.102. The summed E-state index contributed by atoms with van der Waals surface area (Å²) in [4.78, 5) is 15.1. The summed E-state index contributed by atoms with van der Waals surface area (Å²) in [5, 5.41) is 3.50. The standard InChI is InChI=1S/C21H23ClFN3O2/c22-18-11-17(20-16(19(18)24)7-10-28-20)21(27)25-15-5-8-26(9-6-15)12-13-1-3-14(23)4-2-13/h1-4,11,15H,5-10,12,24H2,(H,25,27). The number of likely N-dealkylation sites (tertiary alicyclic amines) is 1. The van der Waals surface area contributed by atoms with Crippen LogP contribution < -0.4 is 15.8 Å². The highest BCUT2D eigenvalue weighted by molar-refractivity contribution is 6.33. The molecule has 0 aliphatic carbocycles. The van der Waals surface area contributed by atoms with Crippen molar-refractivity contribution in [1.29, 1.82) is 0 Å². The van der Waals surface area contributed by atoms with Crippen molar-refractivity contribution in [3.63, 3.8) is 0 Å². The van der Waals surface area contributed by atoms with Crippen molar-refractivity contribution in [2.24, 2.45) is 0 Å². The predicted octanol–water partition coefficient (Wildman–Crippen LogP) is 3.39. The van der Waals surface area contributed by atoms with Gasteiger partial charge in [0, 0.05) is 37.7 Å². The first-order valence-electron chi connectivity index (χ1n) is 9.52. The Morgan fingerprint density at radius 2 is 2.00 bits per heavy atom. The number of nitrogens with zero attached hydrogens (tertiary/aromatic N) is 1. The first-order chi connectivity index (χ1) is 13.5.